The van der Waals surface area contributed by atoms with Crippen LogP contribution in [0.1, 0.15) is 47.4 Å². The Morgan fingerprint density at radius 3 is 2.18 bits per heavy atom. The Bertz CT molecular complexity index is 2400. The summed E-state index contributed by atoms with van der Waals surface area (Å²) in [5, 5.41) is 13.3. The fraction of sp³-hybridized carbons (Fsp3) is 0.0976. The number of hydrogen-bond acceptors (Lipinski definition) is 2. The summed E-state index contributed by atoms with van der Waals surface area (Å²) in [6, 6.07) is 37.9. The van der Waals surface area contributed by atoms with E-state index in [1.165, 1.54) is 22.3 Å². The Morgan fingerprint density at radius 2 is 1.48 bits per heavy atom. The lowest BCUT2D eigenvalue weighted by Gasteiger charge is -2.21. The molecular weight excluding hydrogens is 536 g/mol. The van der Waals surface area contributed by atoms with Crippen molar-refractivity contribution in [2.24, 2.45) is 0 Å². The predicted molar refractivity (Wildman–Crippen MR) is 181 cm³/mol. The molecule has 0 unspecified atom stereocenters. The fourth-order valence-electron chi connectivity index (χ4n) is 7.10. The normalized spacial score (nSPS) is 13.6. The molecule has 3 heteroatoms. The van der Waals surface area contributed by atoms with E-state index in [4.69, 9.17) is 10.8 Å². The Hall–Kier alpha value is -5.77. The highest BCUT2D eigenvalue weighted by molar-refractivity contribution is 6.10. The van der Waals surface area contributed by atoms with E-state index in [0.717, 1.165) is 55.3 Å². The molecule has 208 valence electrons. The van der Waals surface area contributed by atoms with Crippen molar-refractivity contribution in [2.75, 3.05) is 0 Å². The van der Waals surface area contributed by atoms with Gasteiger partial charge in [-0.25, -0.2) is 0 Å². The zero-order chi connectivity index (χ0) is 30.2. The summed E-state index contributed by atoms with van der Waals surface area (Å²) in [6.07, 6.45) is 8.20. The molecule has 0 spiro atoms. The number of nitrogens with zero attached hydrogens (tertiary/aromatic N) is 2. The number of nitriles is 1. The van der Waals surface area contributed by atoms with Crippen LogP contribution in [0.25, 0.3) is 61.2 Å². The van der Waals surface area contributed by atoms with Gasteiger partial charge in [0, 0.05) is 38.3 Å². The molecular formula is C41H28N2O. The van der Waals surface area contributed by atoms with Crippen molar-refractivity contribution < 1.29 is 4.42 Å². The van der Waals surface area contributed by atoms with E-state index in [9.17, 15) is 5.26 Å². The summed E-state index contributed by atoms with van der Waals surface area (Å²) < 4.78 is 8.79. The topological polar surface area (TPSA) is 41.9 Å². The van der Waals surface area contributed by atoms with Crippen LogP contribution in [0.3, 0.4) is 0 Å². The van der Waals surface area contributed by atoms with Gasteiger partial charge in [-0.05, 0) is 77.7 Å². The minimum Gasteiger partial charge on any atom is -0.456 e. The molecule has 0 bridgehead atoms. The van der Waals surface area contributed by atoms with E-state index in [-0.39, 0.29) is 5.41 Å². The third-order valence-corrected chi connectivity index (χ3v) is 9.34. The van der Waals surface area contributed by atoms with Crippen LogP contribution < -0.4 is 0 Å². The summed E-state index contributed by atoms with van der Waals surface area (Å²) in [7, 11) is 0. The molecule has 5 aromatic carbocycles. The maximum absolute atomic E-state index is 9.86. The van der Waals surface area contributed by atoms with Gasteiger partial charge in [-0.2, -0.15) is 5.26 Å². The number of terminal acetylenes is 1. The summed E-state index contributed by atoms with van der Waals surface area (Å²) in [6.45, 7) is 6.63. The predicted octanol–water partition coefficient (Wildman–Crippen LogP) is 10.2. The highest BCUT2D eigenvalue weighted by Gasteiger charge is 2.36. The molecule has 0 radical (unpaired) electrons. The van der Waals surface area contributed by atoms with Crippen LogP contribution in [0.2, 0.25) is 0 Å². The highest BCUT2D eigenvalue weighted by Crippen LogP contribution is 2.50. The maximum Gasteiger partial charge on any atom is 0.135 e. The average molecular weight is 565 g/mol. The lowest BCUT2D eigenvalue weighted by molar-refractivity contribution is 0.597. The molecule has 8 rings (SSSR count). The van der Waals surface area contributed by atoms with Crippen LogP contribution in [0.5, 0.6) is 0 Å². The van der Waals surface area contributed by atoms with Gasteiger partial charge in [0.05, 0.1) is 28.4 Å². The monoisotopic (exact) mass is 564 g/mol. The number of benzene rings is 5. The smallest absolute Gasteiger partial charge is 0.135 e. The van der Waals surface area contributed by atoms with Crippen molar-refractivity contribution in [1.82, 2.24) is 4.57 Å². The van der Waals surface area contributed by atoms with Gasteiger partial charge in [0.15, 0.2) is 0 Å². The molecule has 0 amide bonds. The standard InChI is InChI=1S/C41H28N2O/c1-5-27(21-39-25(2)31-22-33-28-12-6-9-15-34(28)41(3,4)35(33)23-40(31)44-39)32-20-26(24-42)18-19-38(32)43-36-16-10-7-13-29(36)30-14-8-11-17-37(30)43/h1,6-23H,2-4H3/b27-21+. The van der Waals surface area contributed by atoms with Gasteiger partial charge >= 0.3 is 0 Å². The second kappa shape index (κ2) is 9.37. The van der Waals surface area contributed by atoms with Crippen LogP contribution in [0.15, 0.2) is 108 Å². The van der Waals surface area contributed by atoms with Gasteiger partial charge in [0.25, 0.3) is 0 Å². The van der Waals surface area contributed by atoms with Crippen molar-refractivity contribution in [3.05, 3.63) is 137 Å². The van der Waals surface area contributed by atoms with Crippen LogP contribution in [-0.4, -0.2) is 4.57 Å². The van der Waals surface area contributed by atoms with Crippen LogP contribution >= 0.6 is 0 Å². The Kier molecular flexibility index (Phi) is 5.51. The van der Waals surface area contributed by atoms with Gasteiger partial charge < -0.3 is 8.98 Å². The first-order valence-electron chi connectivity index (χ1n) is 14.8. The van der Waals surface area contributed by atoms with E-state index in [1.807, 2.05) is 36.4 Å². The first-order chi connectivity index (χ1) is 21.4. The van der Waals surface area contributed by atoms with Gasteiger partial charge in [-0.3, -0.25) is 0 Å². The number of rotatable bonds is 3. The van der Waals surface area contributed by atoms with Crippen LogP contribution in [0, 0.1) is 30.6 Å². The zero-order valence-electron chi connectivity index (χ0n) is 24.8. The third-order valence-electron chi connectivity index (χ3n) is 9.34. The highest BCUT2D eigenvalue weighted by atomic mass is 16.3. The van der Waals surface area contributed by atoms with Gasteiger partial charge in [-0.1, -0.05) is 80.4 Å². The average Bonchev–Trinajstić information content (AvgIpc) is 3.63. The van der Waals surface area contributed by atoms with E-state index in [0.29, 0.717) is 11.1 Å². The Labute approximate surface area is 256 Å². The van der Waals surface area contributed by atoms with E-state index in [1.54, 1.807) is 0 Å². The molecule has 0 saturated carbocycles. The minimum absolute atomic E-state index is 0.115. The largest absolute Gasteiger partial charge is 0.456 e. The van der Waals surface area contributed by atoms with Crippen molar-refractivity contribution >= 4 is 44.4 Å². The summed E-state index contributed by atoms with van der Waals surface area (Å²) >= 11 is 0. The van der Waals surface area contributed by atoms with Gasteiger partial charge in [-0.15, -0.1) is 6.42 Å². The minimum atomic E-state index is -0.115. The molecule has 0 aliphatic heterocycles. The maximum atomic E-state index is 9.86. The molecule has 3 nitrogen and oxygen atoms in total. The summed E-state index contributed by atoms with van der Waals surface area (Å²) in [4.78, 5) is 0. The SMILES string of the molecule is C#C/C(=C\c1oc2cc3c(cc2c1C)-c1ccccc1C3(C)C)c1cc(C#N)ccc1-n1c2ccccc2c2ccccc21. The molecule has 2 heterocycles. The lowest BCUT2D eigenvalue weighted by atomic mass is 9.82. The summed E-state index contributed by atoms with van der Waals surface area (Å²) in [5.41, 5.74) is 12.0. The molecule has 0 atom stereocenters. The van der Waals surface area contributed by atoms with E-state index < -0.39 is 0 Å². The molecule has 0 saturated heterocycles. The quantitative estimate of drug-likeness (QED) is 0.200. The van der Waals surface area contributed by atoms with Crippen LogP contribution in [0.4, 0.5) is 0 Å². The number of para-hydroxylation sites is 2. The lowest BCUT2D eigenvalue weighted by Crippen LogP contribution is -2.14. The number of fused-ring (bicyclic) bond motifs is 7. The Balaban J connectivity index is 1.35. The van der Waals surface area contributed by atoms with Crippen molar-refractivity contribution in [3.63, 3.8) is 0 Å². The number of aromatic nitrogens is 1. The van der Waals surface area contributed by atoms with Crippen molar-refractivity contribution in [3.8, 4) is 35.2 Å². The molecule has 1 aliphatic rings. The Morgan fingerprint density at radius 1 is 0.795 bits per heavy atom. The summed E-state index contributed by atoms with van der Waals surface area (Å²) in [5.74, 6) is 3.66. The van der Waals surface area contributed by atoms with E-state index in [2.05, 4.69) is 110 Å². The van der Waals surface area contributed by atoms with Crippen LogP contribution in [-0.2, 0) is 5.41 Å². The number of furan rings is 1. The fourth-order valence-corrected chi connectivity index (χ4v) is 7.10. The molecule has 0 N–H and O–H groups in total. The van der Waals surface area contributed by atoms with E-state index >= 15 is 0 Å². The zero-order valence-corrected chi connectivity index (χ0v) is 24.8. The first-order valence-corrected chi connectivity index (χ1v) is 14.8. The first kappa shape index (κ1) is 25.9. The third kappa shape index (κ3) is 3.57. The van der Waals surface area contributed by atoms with Crippen molar-refractivity contribution in [1.29, 1.82) is 5.26 Å². The molecule has 0 fully saturated rings. The molecule has 1 aliphatic carbocycles. The molecule has 7 aromatic rings. The second-order valence-electron chi connectivity index (χ2n) is 12.1. The van der Waals surface area contributed by atoms with Gasteiger partial charge in [0.2, 0.25) is 0 Å². The molecule has 2 aromatic heterocycles. The van der Waals surface area contributed by atoms with Gasteiger partial charge in [0.1, 0.15) is 11.3 Å². The second-order valence-corrected chi connectivity index (χ2v) is 12.1. The number of aryl methyl sites for hydroxylation is 1. The number of allylic oxidation sites excluding steroid dienone is 1. The van der Waals surface area contributed by atoms with Crippen molar-refractivity contribution in [2.45, 2.75) is 26.2 Å². The number of hydrogen-bond donors (Lipinski definition) is 0. The molecule has 44 heavy (non-hydrogen) atoms.